The van der Waals surface area contributed by atoms with Crippen LogP contribution in [0.3, 0.4) is 0 Å². The zero-order chi connectivity index (χ0) is 33.4. The van der Waals surface area contributed by atoms with Gasteiger partial charge in [-0.2, -0.15) is 0 Å². The Kier molecular flexibility index (Phi) is 11.4. The first-order valence-corrected chi connectivity index (χ1v) is 17.1. The molecule has 0 saturated carbocycles. The Bertz CT molecular complexity index is 1750. The molecular weight excluding hydrogens is 595 g/mol. The lowest BCUT2D eigenvalue weighted by atomic mass is 10.0. The summed E-state index contributed by atoms with van der Waals surface area (Å²) < 4.78 is 29.8. The van der Waals surface area contributed by atoms with Gasteiger partial charge in [0.1, 0.15) is 12.6 Å². The summed E-state index contributed by atoms with van der Waals surface area (Å²) in [5.41, 5.74) is 5.79. The number of amides is 2. The van der Waals surface area contributed by atoms with E-state index in [9.17, 15) is 18.0 Å². The number of anilines is 1. The average molecular weight is 640 g/mol. The van der Waals surface area contributed by atoms with Crippen LogP contribution < -0.4 is 9.62 Å². The second-order valence-corrected chi connectivity index (χ2v) is 14.3. The maximum Gasteiger partial charge on any atom is 0.264 e. The van der Waals surface area contributed by atoms with Gasteiger partial charge in [-0.1, -0.05) is 104 Å². The summed E-state index contributed by atoms with van der Waals surface area (Å²) >= 11 is 0. The molecule has 0 saturated heterocycles. The fourth-order valence-electron chi connectivity index (χ4n) is 5.38. The van der Waals surface area contributed by atoms with Crippen molar-refractivity contribution in [1.82, 2.24) is 10.2 Å². The van der Waals surface area contributed by atoms with Gasteiger partial charge < -0.3 is 10.2 Å². The molecule has 0 bridgehead atoms. The maximum atomic E-state index is 14.7. The molecule has 0 aliphatic heterocycles. The second kappa shape index (κ2) is 15.2. The van der Waals surface area contributed by atoms with E-state index in [1.54, 1.807) is 35.2 Å². The van der Waals surface area contributed by atoms with E-state index in [2.05, 4.69) is 5.32 Å². The summed E-state index contributed by atoms with van der Waals surface area (Å²) in [6, 6.07) is 28.5. The topological polar surface area (TPSA) is 86.8 Å². The zero-order valence-corrected chi connectivity index (χ0v) is 28.5. The van der Waals surface area contributed by atoms with Gasteiger partial charge in [0.15, 0.2) is 0 Å². The Morgan fingerprint density at radius 3 is 2.02 bits per heavy atom. The van der Waals surface area contributed by atoms with Gasteiger partial charge in [0.05, 0.1) is 10.6 Å². The number of benzene rings is 4. The molecule has 1 atom stereocenters. The fraction of sp³-hybridized carbons (Fsp3) is 0.316. The van der Waals surface area contributed by atoms with Crippen LogP contribution in [0.15, 0.2) is 102 Å². The molecule has 0 aliphatic rings. The minimum Gasteiger partial charge on any atom is -0.354 e. The highest BCUT2D eigenvalue weighted by atomic mass is 32.2. The van der Waals surface area contributed by atoms with E-state index in [-0.39, 0.29) is 29.7 Å². The predicted octanol–water partition coefficient (Wildman–Crippen LogP) is 6.53. The van der Waals surface area contributed by atoms with Crippen molar-refractivity contribution < 1.29 is 18.0 Å². The first-order valence-electron chi connectivity index (χ1n) is 15.7. The zero-order valence-electron chi connectivity index (χ0n) is 27.7. The van der Waals surface area contributed by atoms with E-state index in [4.69, 9.17) is 0 Å². The Labute approximate surface area is 274 Å². The number of nitrogens with one attached hydrogen (secondary N) is 1. The number of hydrogen-bond donors (Lipinski definition) is 1. The third-order valence-electron chi connectivity index (χ3n) is 8.07. The fourth-order valence-corrected chi connectivity index (χ4v) is 6.86. The molecule has 4 rings (SSSR count). The minimum absolute atomic E-state index is 0.0897. The third kappa shape index (κ3) is 8.63. The van der Waals surface area contributed by atoms with Crippen LogP contribution in [-0.2, 0) is 32.6 Å². The van der Waals surface area contributed by atoms with E-state index in [1.165, 1.54) is 4.31 Å². The molecule has 0 aromatic heterocycles. The SMILES string of the molecule is Cc1ccc(S(=O)(=O)N(CC(=O)N(Cc2ccccc2C)C(Cc2ccccc2)C(=O)NCC(C)C)c2ccc(C)cc2C)cc1. The summed E-state index contributed by atoms with van der Waals surface area (Å²) in [4.78, 5) is 30.2. The summed E-state index contributed by atoms with van der Waals surface area (Å²) in [7, 11) is -4.16. The van der Waals surface area contributed by atoms with Crippen LogP contribution >= 0.6 is 0 Å². The van der Waals surface area contributed by atoms with E-state index < -0.39 is 28.5 Å². The van der Waals surface area contributed by atoms with Crippen LogP contribution in [0.25, 0.3) is 0 Å². The quantitative estimate of drug-likeness (QED) is 0.180. The van der Waals surface area contributed by atoms with Crippen molar-refractivity contribution in [3.05, 3.63) is 130 Å². The molecule has 1 N–H and O–H groups in total. The van der Waals surface area contributed by atoms with E-state index in [0.717, 1.165) is 33.4 Å². The van der Waals surface area contributed by atoms with Gasteiger partial charge in [0, 0.05) is 19.5 Å². The van der Waals surface area contributed by atoms with Gasteiger partial charge in [0.25, 0.3) is 10.0 Å². The standard InChI is InChI=1S/C38H45N3O4S/c1-27(2)24-39-38(43)36(23-32-13-8-7-9-14-32)40(25-33-15-11-10-12-30(33)5)37(42)26-41(35-21-18-29(4)22-31(35)6)46(44,45)34-19-16-28(3)17-20-34/h7-22,27,36H,23-26H2,1-6H3,(H,39,43). The molecule has 0 spiro atoms. The number of nitrogens with zero attached hydrogens (tertiary/aromatic N) is 2. The first-order chi connectivity index (χ1) is 21.9. The summed E-state index contributed by atoms with van der Waals surface area (Å²) in [5.74, 6) is -0.542. The molecule has 8 heteroatoms. The predicted molar refractivity (Wildman–Crippen MR) is 185 cm³/mol. The van der Waals surface area contributed by atoms with Crippen molar-refractivity contribution in [2.24, 2.45) is 5.92 Å². The molecule has 2 amide bonds. The molecule has 242 valence electrons. The first kappa shape index (κ1) is 34.4. The number of carbonyl (C=O) groups excluding carboxylic acids is 2. The highest BCUT2D eigenvalue weighted by molar-refractivity contribution is 7.92. The highest BCUT2D eigenvalue weighted by Gasteiger charge is 2.35. The molecule has 0 fully saturated rings. The molecule has 4 aromatic carbocycles. The maximum absolute atomic E-state index is 14.7. The van der Waals surface area contributed by atoms with Crippen molar-refractivity contribution in [2.45, 2.75) is 65.4 Å². The molecule has 4 aromatic rings. The van der Waals surface area contributed by atoms with Crippen LogP contribution in [0.4, 0.5) is 5.69 Å². The van der Waals surface area contributed by atoms with Crippen LogP contribution in [0.2, 0.25) is 0 Å². The number of sulfonamides is 1. The van der Waals surface area contributed by atoms with Crippen molar-refractivity contribution in [3.8, 4) is 0 Å². The van der Waals surface area contributed by atoms with Crippen LogP contribution in [0, 0.1) is 33.6 Å². The third-order valence-corrected chi connectivity index (χ3v) is 9.84. The lowest BCUT2D eigenvalue weighted by Gasteiger charge is -2.34. The molecule has 7 nitrogen and oxygen atoms in total. The number of hydrogen-bond acceptors (Lipinski definition) is 4. The summed E-state index contributed by atoms with van der Waals surface area (Å²) in [6.45, 7) is 11.8. The number of carbonyl (C=O) groups is 2. The van der Waals surface area contributed by atoms with Gasteiger partial charge in [0.2, 0.25) is 11.8 Å². The van der Waals surface area contributed by atoms with Crippen molar-refractivity contribution in [2.75, 3.05) is 17.4 Å². The molecule has 0 heterocycles. The summed E-state index contributed by atoms with van der Waals surface area (Å²) in [6.07, 6.45) is 0.274. The Balaban J connectivity index is 1.83. The molecule has 1 unspecified atom stereocenters. The normalized spacial score (nSPS) is 12.1. The van der Waals surface area contributed by atoms with E-state index >= 15 is 0 Å². The molecule has 0 radical (unpaired) electrons. The van der Waals surface area contributed by atoms with E-state index in [0.29, 0.717) is 12.2 Å². The summed E-state index contributed by atoms with van der Waals surface area (Å²) in [5, 5.41) is 3.04. The minimum atomic E-state index is -4.16. The second-order valence-electron chi connectivity index (χ2n) is 12.4. The Hall–Kier alpha value is -4.43. The van der Waals surface area contributed by atoms with Crippen molar-refractivity contribution in [3.63, 3.8) is 0 Å². The highest BCUT2D eigenvalue weighted by Crippen LogP contribution is 2.29. The van der Waals surface area contributed by atoms with Crippen molar-refractivity contribution in [1.29, 1.82) is 0 Å². The smallest absolute Gasteiger partial charge is 0.264 e. The van der Waals surface area contributed by atoms with Crippen LogP contribution in [0.1, 0.15) is 47.2 Å². The lowest BCUT2D eigenvalue weighted by Crippen LogP contribution is -2.54. The van der Waals surface area contributed by atoms with Gasteiger partial charge in [-0.15, -0.1) is 0 Å². The Morgan fingerprint density at radius 2 is 1.39 bits per heavy atom. The van der Waals surface area contributed by atoms with Crippen LogP contribution in [0.5, 0.6) is 0 Å². The molecule has 0 aliphatic carbocycles. The largest absolute Gasteiger partial charge is 0.354 e. The van der Waals surface area contributed by atoms with Crippen LogP contribution in [-0.4, -0.2) is 44.3 Å². The van der Waals surface area contributed by atoms with Gasteiger partial charge in [-0.05, 0) is 74.1 Å². The van der Waals surface area contributed by atoms with Gasteiger partial charge in [-0.25, -0.2) is 8.42 Å². The van der Waals surface area contributed by atoms with Gasteiger partial charge in [-0.3, -0.25) is 13.9 Å². The van der Waals surface area contributed by atoms with E-state index in [1.807, 2.05) is 108 Å². The average Bonchev–Trinajstić information content (AvgIpc) is 3.02. The molecule has 46 heavy (non-hydrogen) atoms. The number of rotatable bonds is 13. The monoisotopic (exact) mass is 639 g/mol. The number of aryl methyl sites for hydroxylation is 4. The Morgan fingerprint density at radius 1 is 0.761 bits per heavy atom. The van der Waals surface area contributed by atoms with Gasteiger partial charge >= 0.3 is 0 Å². The molecular formula is C38H45N3O4S. The lowest BCUT2D eigenvalue weighted by molar-refractivity contribution is -0.140. The van der Waals surface area contributed by atoms with Crippen molar-refractivity contribution >= 4 is 27.5 Å².